The number of nitrogens with zero attached hydrogens (tertiary/aromatic N) is 1. The van der Waals surface area contributed by atoms with Gasteiger partial charge in [0.1, 0.15) is 5.82 Å². The van der Waals surface area contributed by atoms with Gasteiger partial charge in [-0.05, 0) is 30.2 Å². The summed E-state index contributed by atoms with van der Waals surface area (Å²) in [4.78, 5) is 16.3. The number of aryl methyl sites for hydroxylation is 1. The van der Waals surface area contributed by atoms with E-state index in [0.717, 1.165) is 11.1 Å². The van der Waals surface area contributed by atoms with Gasteiger partial charge in [0.2, 0.25) is 5.91 Å². The Bertz CT molecular complexity index is 593. The molecule has 0 radical (unpaired) electrons. The SMILES string of the molecule is Cc1ccnc(NC(=O)C(C)C(N)c2ccccc2)c1.Cl.Cl. The zero-order valence-electron chi connectivity index (χ0n) is 12.5. The van der Waals surface area contributed by atoms with Crippen LogP contribution in [0.1, 0.15) is 24.1 Å². The number of nitrogens with two attached hydrogens (primary N) is 1. The summed E-state index contributed by atoms with van der Waals surface area (Å²) >= 11 is 0. The highest BCUT2D eigenvalue weighted by molar-refractivity contribution is 5.92. The first-order chi connectivity index (χ1) is 9.58. The summed E-state index contributed by atoms with van der Waals surface area (Å²) in [5, 5.41) is 2.80. The lowest BCUT2D eigenvalue weighted by molar-refractivity contribution is -0.120. The largest absolute Gasteiger partial charge is 0.323 e. The fourth-order valence-corrected chi connectivity index (χ4v) is 1.97. The summed E-state index contributed by atoms with van der Waals surface area (Å²) in [6.07, 6.45) is 1.67. The van der Waals surface area contributed by atoms with Crippen LogP contribution in [0.4, 0.5) is 5.82 Å². The number of carbonyl (C=O) groups excluding carboxylic acids is 1. The zero-order valence-corrected chi connectivity index (χ0v) is 14.2. The Morgan fingerprint density at radius 3 is 2.41 bits per heavy atom. The number of hydrogen-bond acceptors (Lipinski definition) is 3. The van der Waals surface area contributed by atoms with Crippen LogP contribution in [0.15, 0.2) is 48.7 Å². The number of aromatic nitrogens is 1. The van der Waals surface area contributed by atoms with Crippen LogP contribution in [0.5, 0.6) is 0 Å². The zero-order chi connectivity index (χ0) is 14.5. The number of hydrogen-bond donors (Lipinski definition) is 2. The van der Waals surface area contributed by atoms with Gasteiger partial charge in [0, 0.05) is 12.2 Å². The molecule has 2 aromatic rings. The molecule has 22 heavy (non-hydrogen) atoms. The maximum absolute atomic E-state index is 12.2. The second kappa shape index (κ2) is 9.41. The van der Waals surface area contributed by atoms with Crippen molar-refractivity contribution in [3.63, 3.8) is 0 Å². The first kappa shape index (κ1) is 20.4. The molecule has 0 aliphatic carbocycles. The van der Waals surface area contributed by atoms with Crippen molar-refractivity contribution in [1.29, 1.82) is 0 Å². The molecule has 0 saturated heterocycles. The minimum atomic E-state index is -0.334. The van der Waals surface area contributed by atoms with Crippen LogP contribution >= 0.6 is 24.8 Å². The van der Waals surface area contributed by atoms with Crippen molar-refractivity contribution in [2.75, 3.05) is 5.32 Å². The molecule has 1 amide bonds. The molecule has 1 aromatic carbocycles. The molecule has 2 rings (SSSR count). The average Bonchev–Trinajstić information content (AvgIpc) is 2.46. The minimum absolute atomic E-state index is 0. The maximum atomic E-state index is 12.2. The number of pyridine rings is 1. The van der Waals surface area contributed by atoms with Gasteiger partial charge in [0.25, 0.3) is 0 Å². The van der Waals surface area contributed by atoms with Gasteiger partial charge >= 0.3 is 0 Å². The topological polar surface area (TPSA) is 68.0 Å². The molecule has 0 fully saturated rings. The Kier molecular flexibility index (Phi) is 8.72. The van der Waals surface area contributed by atoms with Crippen molar-refractivity contribution in [3.8, 4) is 0 Å². The molecule has 0 saturated carbocycles. The molecule has 0 aliphatic rings. The second-order valence-corrected chi connectivity index (χ2v) is 4.93. The molecule has 0 aliphatic heterocycles. The minimum Gasteiger partial charge on any atom is -0.323 e. The predicted molar refractivity (Wildman–Crippen MR) is 94.6 cm³/mol. The van der Waals surface area contributed by atoms with Crippen molar-refractivity contribution < 1.29 is 4.79 Å². The lowest BCUT2D eigenvalue weighted by Crippen LogP contribution is -2.30. The van der Waals surface area contributed by atoms with Gasteiger partial charge in [0.15, 0.2) is 0 Å². The third-order valence-corrected chi connectivity index (χ3v) is 3.30. The number of amides is 1. The van der Waals surface area contributed by atoms with Gasteiger partial charge in [-0.1, -0.05) is 37.3 Å². The van der Waals surface area contributed by atoms with E-state index in [9.17, 15) is 4.79 Å². The first-order valence-corrected chi connectivity index (χ1v) is 6.62. The van der Waals surface area contributed by atoms with Gasteiger partial charge in [-0.2, -0.15) is 0 Å². The van der Waals surface area contributed by atoms with Gasteiger partial charge < -0.3 is 11.1 Å². The second-order valence-electron chi connectivity index (χ2n) is 4.93. The Morgan fingerprint density at radius 1 is 1.18 bits per heavy atom. The number of halogens is 2. The normalized spacial score (nSPS) is 12.3. The molecule has 0 spiro atoms. The Morgan fingerprint density at radius 2 is 1.82 bits per heavy atom. The van der Waals surface area contributed by atoms with E-state index < -0.39 is 0 Å². The lowest BCUT2D eigenvalue weighted by atomic mass is 9.95. The predicted octanol–water partition coefficient (Wildman–Crippen LogP) is 3.51. The Hall–Kier alpha value is -1.62. The van der Waals surface area contributed by atoms with Crippen molar-refractivity contribution in [2.24, 2.45) is 11.7 Å². The van der Waals surface area contributed by atoms with E-state index in [1.54, 1.807) is 6.20 Å². The summed E-state index contributed by atoms with van der Waals surface area (Å²) in [5.74, 6) is 0.0984. The molecule has 4 nitrogen and oxygen atoms in total. The van der Waals surface area contributed by atoms with E-state index in [-0.39, 0.29) is 42.7 Å². The number of benzene rings is 1. The molecule has 2 unspecified atom stereocenters. The summed E-state index contributed by atoms with van der Waals surface area (Å²) < 4.78 is 0. The molecular formula is C16H21Cl2N3O. The summed E-state index contributed by atoms with van der Waals surface area (Å²) in [6.45, 7) is 3.78. The van der Waals surface area contributed by atoms with E-state index in [4.69, 9.17) is 5.73 Å². The van der Waals surface area contributed by atoms with Crippen LogP contribution in [0.2, 0.25) is 0 Å². The third-order valence-electron chi connectivity index (χ3n) is 3.30. The van der Waals surface area contributed by atoms with Crippen LogP contribution in [-0.4, -0.2) is 10.9 Å². The first-order valence-electron chi connectivity index (χ1n) is 6.62. The fourth-order valence-electron chi connectivity index (χ4n) is 1.97. The van der Waals surface area contributed by atoms with Gasteiger partial charge in [-0.15, -0.1) is 24.8 Å². The molecule has 120 valence electrons. The molecular weight excluding hydrogens is 321 g/mol. The molecule has 2 atom stereocenters. The monoisotopic (exact) mass is 341 g/mol. The quantitative estimate of drug-likeness (QED) is 0.893. The van der Waals surface area contributed by atoms with E-state index in [0.29, 0.717) is 5.82 Å². The van der Waals surface area contributed by atoms with Crippen molar-refractivity contribution >= 4 is 36.5 Å². The number of anilines is 1. The van der Waals surface area contributed by atoms with Crippen molar-refractivity contribution in [1.82, 2.24) is 4.98 Å². The van der Waals surface area contributed by atoms with Crippen LogP contribution < -0.4 is 11.1 Å². The summed E-state index contributed by atoms with van der Waals surface area (Å²) in [5.41, 5.74) is 8.14. The van der Waals surface area contributed by atoms with Gasteiger partial charge in [-0.25, -0.2) is 4.98 Å². The smallest absolute Gasteiger partial charge is 0.230 e. The standard InChI is InChI=1S/C16H19N3O.2ClH/c1-11-8-9-18-14(10-11)19-16(20)12(2)15(17)13-6-4-3-5-7-13;;/h3-10,12,15H,17H2,1-2H3,(H,18,19,20);2*1H. The van der Waals surface area contributed by atoms with Crippen LogP contribution in [0.3, 0.4) is 0 Å². The number of nitrogens with one attached hydrogen (secondary N) is 1. The van der Waals surface area contributed by atoms with Crippen LogP contribution in [-0.2, 0) is 4.79 Å². The highest BCUT2D eigenvalue weighted by Crippen LogP contribution is 2.20. The molecule has 3 N–H and O–H groups in total. The maximum Gasteiger partial charge on any atom is 0.230 e. The molecule has 0 bridgehead atoms. The molecule has 6 heteroatoms. The fraction of sp³-hybridized carbons (Fsp3) is 0.250. The highest BCUT2D eigenvalue weighted by Gasteiger charge is 2.22. The number of carbonyl (C=O) groups is 1. The van der Waals surface area contributed by atoms with Crippen molar-refractivity contribution in [2.45, 2.75) is 19.9 Å². The van der Waals surface area contributed by atoms with E-state index in [1.807, 2.05) is 56.3 Å². The molecule has 1 heterocycles. The summed E-state index contributed by atoms with van der Waals surface area (Å²) in [6, 6.07) is 13.0. The summed E-state index contributed by atoms with van der Waals surface area (Å²) in [7, 11) is 0. The highest BCUT2D eigenvalue weighted by atomic mass is 35.5. The Labute approximate surface area is 143 Å². The Balaban J connectivity index is 0.00000220. The van der Waals surface area contributed by atoms with Crippen LogP contribution in [0, 0.1) is 12.8 Å². The van der Waals surface area contributed by atoms with Gasteiger partial charge in [0.05, 0.1) is 5.92 Å². The van der Waals surface area contributed by atoms with Crippen LogP contribution in [0.25, 0.3) is 0 Å². The van der Waals surface area contributed by atoms with E-state index >= 15 is 0 Å². The lowest BCUT2D eigenvalue weighted by Gasteiger charge is -2.19. The molecule has 1 aromatic heterocycles. The average molecular weight is 342 g/mol. The van der Waals surface area contributed by atoms with Gasteiger partial charge in [-0.3, -0.25) is 4.79 Å². The van der Waals surface area contributed by atoms with E-state index in [1.165, 1.54) is 0 Å². The van der Waals surface area contributed by atoms with Crippen molar-refractivity contribution in [3.05, 3.63) is 59.8 Å². The van der Waals surface area contributed by atoms with E-state index in [2.05, 4.69) is 10.3 Å². The third kappa shape index (κ3) is 5.30. The number of rotatable bonds is 4.